The van der Waals surface area contributed by atoms with Gasteiger partial charge in [0.2, 0.25) is 21.8 Å². The lowest BCUT2D eigenvalue weighted by molar-refractivity contribution is 0.302. The highest BCUT2D eigenvalue weighted by molar-refractivity contribution is 7.89. The third-order valence-corrected chi connectivity index (χ3v) is 6.75. The molecular weight excluding hydrogens is 462 g/mol. The van der Waals surface area contributed by atoms with Gasteiger partial charge in [0.1, 0.15) is 12.1 Å². The summed E-state index contributed by atoms with van der Waals surface area (Å²) >= 11 is 0. The van der Waals surface area contributed by atoms with Crippen molar-refractivity contribution in [2.75, 3.05) is 20.3 Å². The maximum Gasteiger partial charge on any atom is 0.331 e. The lowest BCUT2D eigenvalue weighted by atomic mass is 10.1. The number of nitrogens with zero attached hydrogens (tertiary/aromatic N) is 3. The van der Waals surface area contributed by atoms with Gasteiger partial charge in [-0.3, -0.25) is 13.9 Å². The van der Waals surface area contributed by atoms with Crippen LogP contribution >= 0.6 is 0 Å². The van der Waals surface area contributed by atoms with Gasteiger partial charge in [-0.05, 0) is 23.8 Å². The first kappa shape index (κ1) is 23.3. The van der Waals surface area contributed by atoms with Gasteiger partial charge in [0.25, 0.3) is 5.56 Å². The second-order valence-corrected chi connectivity index (χ2v) is 9.20. The van der Waals surface area contributed by atoms with Crippen molar-refractivity contribution in [1.82, 2.24) is 23.8 Å². The Labute approximate surface area is 194 Å². The number of pyridine rings is 1. The molecule has 11 nitrogen and oxygen atoms in total. The van der Waals surface area contributed by atoms with Crippen LogP contribution in [0.1, 0.15) is 0 Å². The SMILES string of the molecule is COc1cccc(OCCNS(=O)(=O)c2ccc(-c3cc4c([nH]3)c(=O)n(C)c(=O)n4C)cc2)n1. The number of sulfonamides is 1. The van der Waals surface area contributed by atoms with Gasteiger partial charge in [-0.15, -0.1) is 0 Å². The van der Waals surface area contributed by atoms with Crippen molar-refractivity contribution in [1.29, 1.82) is 0 Å². The molecule has 3 heterocycles. The van der Waals surface area contributed by atoms with Crippen molar-refractivity contribution >= 4 is 21.1 Å². The highest BCUT2D eigenvalue weighted by Gasteiger charge is 2.16. The maximum atomic E-state index is 12.6. The number of hydrogen-bond donors (Lipinski definition) is 2. The lowest BCUT2D eigenvalue weighted by Crippen LogP contribution is -2.36. The van der Waals surface area contributed by atoms with E-state index in [-0.39, 0.29) is 18.0 Å². The summed E-state index contributed by atoms with van der Waals surface area (Å²) in [6.45, 7) is 0.128. The summed E-state index contributed by atoms with van der Waals surface area (Å²) in [6.07, 6.45) is 0. The molecule has 0 fully saturated rings. The standard InChI is InChI=1S/C22H23N5O6S/c1-26-17-13-16(24-20(17)21(28)27(2)22(26)29)14-7-9-15(10-8-14)34(30,31)23-11-12-33-19-6-4-5-18(25-19)32-3/h4-10,13,23-24H,11-12H2,1-3H3. The zero-order valence-electron chi connectivity index (χ0n) is 18.7. The minimum Gasteiger partial charge on any atom is -0.481 e. The van der Waals surface area contributed by atoms with E-state index in [0.717, 1.165) is 4.57 Å². The molecule has 12 heteroatoms. The third-order valence-electron chi connectivity index (χ3n) is 5.28. The molecule has 178 valence electrons. The molecule has 0 bridgehead atoms. The number of nitrogens with one attached hydrogen (secondary N) is 2. The fraction of sp³-hybridized carbons (Fsp3) is 0.227. The molecule has 0 aliphatic heterocycles. The molecule has 0 unspecified atom stereocenters. The molecule has 0 atom stereocenters. The van der Waals surface area contributed by atoms with Gasteiger partial charge in [0.15, 0.2) is 0 Å². The Morgan fingerprint density at radius 2 is 1.74 bits per heavy atom. The van der Waals surface area contributed by atoms with Crippen molar-refractivity contribution in [3.05, 3.63) is 69.4 Å². The summed E-state index contributed by atoms with van der Waals surface area (Å²) in [5, 5.41) is 0. The molecule has 0 saturated heterocycles. The quantitative estimate of drug-likeness (QED) is 0.355. The third kappa shape index (κ3) is 4.45. The first-order valence-electron chi connectivity index (χ1n) is 10.2. The van der Waals surface area contributed by atoms with Crippen molar-refractivity contribution in [3.8, 4) is 23.0 Å². The molecule has 34 heavy (non-hydrogen) atoms. The average molecular weight is 486 g/mol. The number of H-pyrrole nitrogens is 1. The molecule has 2 N–H and O–H groups in total. The van der Waals surface area contributed by atoms with Crippen LogP contribution in [0.4, 0.5) is 0 Å². The summed E-state index contributed by atoms with van der Waals surface area (Å²) in [4.78, 5) is 31.7. The molecule has 0 aliphatic carbocycles. The zero-order valence-corrected chi connectivity index (χ0v) is 19.5. The van der Waals surface area contributed by atoms with E-state index in [1.165, 1.54) is 30.9 Å². The first-order valence-corrected chi connectivity index (χ1v) is 11.7. The number of aromatic nitrogens is 4. The Kier molecular flexibility index (Phi) is 6.26. The fourth-order valence-electron chi connectivity index (χ4n) is 3.43. The minimum absolute atomic E-state index is 0.0440. The summed E-state index contributed by atoms with van der Waals surface area (Å²) in [7, 11) is 0.726. The Hall–Kier alpha value is -3.90. The summed E-state index contributed by atoms with van der Waals surface area (Å²) in [5.74, 6) is 0.726. The van der Waals surface area contributed by atoms with Crippen molar-refractivity contribution in [2.24, 2.45) is 14.1 Å². The van der Waals surface area contributed by atoms with Crippen LogP contribution in [-0.2, 0) is 24.1 Å². The molecule has 4 rings (SSSR count). The fourth-order valence-corrected chi connectivity index (χ4v) is 4.44. The van der Waals surface area contributed by atoms with E-state index in [1.54, 1.807) is 43.4 Å². The van der Waals surface area contributed by atoms with E-state index in [1.807, 2.05) is 0 Å². The normalized spacial score (nSPS) is 11.6. The van der Waals surface area contributed by atoms with E-state index in [4.69, 9.17) is 9.47 Å². The van der Waals surface area contributed by atoms with Gasteiger partial charge in [0.05, 0.1) is 17.5 Å². The molecule has 0 radical (unpaired) electrons. The first-order chi connectivity index (χ1) is 16.2. The molecule has 0 spiro atoms. The van der Waals surface area contributed by atoms with E-state index in [9.17, 15) is 18.0 Å². The molecular formula is C22H23N5O6S. The molecule has 3 aromatic heterocycles. The Morgan fingerprint density at radius 1 is 1.03 bits per heavy atom. The van der Waals surface area contributed by atoms with Crippen LogP contribution < -0.4 is 25.4 Å². The van der Waals surface area contributed by atoms with Crippen molar-refractivity contribution in [2.45, 2.75) is 4.90 Å². The van der Waals surface area contributed by atoms with E-state index in [2.05, 4.69) is 14.7 Å². The number of benzene rings is 1. The van der Waals surface area contributed by atoms with Crippen LogP contribution in [0.2, 0.25) is 0 Å². The molecule has 1 aromatic carbocycles. The molecule has 0 saturated carbocycles. The smallest absolute Gasteiger partial charge is 0.331 e. The van der Waals surface area contributed by atoms with Crippen molar-refractivity contribution in [3.63, 3.8) is 0 Å². The highest BCUT2D eigenvalue weighted by atomic mass is 32.2. The zero-order chi connectivity index (χ0) is 24.5. The monoisotopic (exact) mass is 485 g/mol. The Balaban J connectivity index is 1.46. The van der Waals surface area contributed by atoms with Crippen LogP contribution in [0.15, 0.2) is 63.0 Å². The molecule has 4 aromatic rings. The second-order valence-electron chi connectivity index (χ2n) is 7.44. The van der Waals surface area contributed by atoms with Gasteiger partial charge in [-0.2, -0.15) is 4.98 Å². The van der Waals surface area contributed by atoms with Gasteiger partial charge >= 0.3 is 5.69 Å². The van der Waals surface area contributed by atoms with Crippen LogP contribution in [-0.4, -0.2) is 47.8 Å². The topological polar surface area (TPSA) is 137 Å². The number of aryl methyl sites for hydroxylation is 1. The number of fused-ring (bicyclic) bond motifs is 1. The summed E-state index contributed by atoms with van der Waals surface area (Å²) in [5.41, 5.74) is 1.15. The lowest BCUT2D eigenvalue weighted by Gasteiger charge is -2.09. The second kappa shape index (κ2) is 9.15. The Bertz CT molecular complexity index is 1570. The summed E-state index contributed by atoms with van der Waals surface area (Å²) in [6, 6.07) is 12.9. The molecule has 0 amide bonds. The summed E-state index contributed by atoms with van der Waals surface area (Å²) < 4.78 is 40.6. The number of rotatable bonds is 8. The van der Waals surface area contributed by atoms with E-state index >= 15 is 0 Å². The van der Waals surface area contributed by atoms with Crippen LogP contribution in [0.3, 0.4) is 0 Å². The van der Waals surface area contributed by atoms with Crippen molar-refractivity contribution < 1.29 is 17.9 Å². The average Bonchev–Trinajstić information content (AvgIpc) is 3.30. The van der Waals surface area contributed by atoms with Crippen LogP contribution in [0, 0.1) is 0 Å². The largest absolute Gasteiger partial charge is 0.481 e. The van der Waals surface area contributed by atoms with Gasteiger partial charge in [-0.1, -0.05) is 18.2 Å². The van der Waals surface area contributed by atoms with Crippen LogP contribution in [0.25, 0.3) is 22.3 Å². The predicted molar refractivity (Wildman–Crippen MR) is 126 cm³/mol. The van der Waals surface area contributed by atoms with Gasteiger partial charge in [0, 0.05) is 38.5 Å². The maximum absolute atomic E-state index is 12.6. The van der Waals surface area contributed by atoms with E-state index in [0.29, 0.717) is 34.1 Å². The number of ether oxygens (including phenoxy) is 2. The highest BCUT2D eigenvalue weighted by Crippen LogP contribution is 2.23. The van der Waals surface area contributed by atoms with Gasteiger partial charge in [-0.25, -0.2) is 17.9 Å². The van der Waals surface area contributed by atoms with E-state index < -0.39 is 21.3 Å². The molecule has 0 aliphatic rings. The Morgan fingerprint density at radius 3 is 2.44 bits per heavy atom. The predicted octanol–water partition coefficient (Wildman–Crippen LogP) is 0.993. The van der Waals surface area contributed by atoms with Gasteiger partial charge < -0.3 is 14.5 Å². The van der Waals surface area contributed by atoms with Crippen LogP contribution in [0.5, 0.6) is 11.8 Å². The number of aromatic amines is 1. The minimum atomic E-state index is -3.76. The number of methoxy groups -OCH3 is 1. The number of hydrogen-bond acceptors (Lipinski definition) is 7.